The number of hydrogen-bond donors (Lipinski definition) is 1. The molecule has 3 nitrogen and oxygen atoms in total. The second kappa shape index (κ2) is 7.05. The van der Waals surface area contributed by atoms with E-state index in [1.54, 1.807) is 14.2 Å². The lowest BCUT2D eigenvalue weighted by Gasteiger charge is -2.14. The summed E-state index contributed by atoms with van der Waals surface area (Å²) in [6, 6.07) is 9.94. The van der Waals surface area contributed by atoms with Crippen molar-refractivity contribution in [2.75, 3.05) is 19.5 Å². The van der Waals surface area contributed by atoms with Gasteiger partial charge in [-0.3, -0.25) is 0 Å². The minimum atomic E-state index is 0.541. The Morgan fingerprint density at radius 3 is 2.57 bits per heavy atom. The summed E-state index contributed by atoms with van der Waals surface area (Å²) in [5.41, 5.74) is 3.29. The van der Waals surface area contributed by atoms with Gasteiger partial charge in [-0.25, -0.2) is 0 Å². The largest absolute Gasteiger partial charge is 0.493 e. The van der Waals surface area contributed by atoms with Crippen molar-refractivity contribution in [3.8, 4) is 11.5 Å². The summed E-state index contributed by atoms with van der Waals surface area (Å²) in [5.74, 6) is 1.19. The van der Waals surface area contributed by atoms with E-state index >= 15 is 0 Å². The van der Waals surface area contributed by atoms with E-state index in [1.807, 2.05) is 18.2 Å². The van der Waals surface area contributed by atoms with Gasteiger partial charge in [-0.05, 0) is 42.3 Å². The molecule has 0 amide bonds. The second-order valence-corrected chi connectivity index (χ2v) is 5.95. The summed E-state index contributed by atoms with van der Waals surface area (Å²) in [6.07, 6.45) is 0. The molecular formula is C16H17BrClNO2. The first-order valence-electron chi connectivity index (χ1n) is 6.45. The molecule has 0 saturated heterocycles. The van der Waals surface area contributed by atoms with Crippen LogP contribution >= 0.6 is 27.5 Å². The molecule has 0 aliphatic carbocycles. The van der Waals surface area contributed by atoms with Gasteiger partial charge in [0.25, 0.3) is 0 Å². The van der Waals surface area contributed by atoms with Gasteiger partial charge < -0.3 is 14.8 Å². The van der Waals surface area contributed by atoms with Crippen LogP contribution in [0.3, 0.4) is 0 Å². The number of anilines is 1. The van der Waals surface area contributed by atoms with Crippen molar-refractivity contribution >= 4 is 33.2 Å². The van der Waals surface area contributed by atoms with E-state index in [0.717, 1.165) is 15.7 Å². The Hall–Kier alpha value is -1.39. The molecule has 5 heteroatoms. The fourth-order valence-corrected chi connectivity index (χ4v) is 2.73. The van der Waals surface area contributed by atoms with Gasteiger partial charge in [0.2, 0.25) is 0 Å². The summed E-state index contributed by atoms with van der Waals surface area (Å²) in [4.78, 5) is 0. The predicted octanol–water partition coefficient (Wildman–Crippen LogP) is 5.04. The van der Waals surface area contributed by atoms with Crippen LogP contribution in [-0.2, 0) is 6.54 Å². The molecule has 21 heavy (non-hydrogen) atoms. The molecule has 0 atom stereocenters. The third-order valence-electron chi connectivity index (χ3n) is 3.18. The van der Waals surface area contributed by atoms with Crippen molar-refractivity contribution in [2.24, 2.45) is 0 Å². The fraction of sp³-hybridized carbons (Fsp3) is 0.250. The molecule has 2 rings (SSSR count). The summed E-state index contributed by atoms with van der Waals surface area (Å²) in [5, 5.41) is 3.94. The Morgan fingerprint density at radius 2 is 1.90 bits per heavy atom. The van der Waals surface area contributed by atoms with Crippen LogP contribution in [0, 0.1) is 6.92 Å². The number of benzene rings is 2. The van der Waals surface area contributed by atoms with Crippen molar-refractivity contribution in [3.63, 3.8) is 0 Å². The summed E-state index contributed by atoms with van der Waals surface area (Å²) >= 11 is 9.69. The highest BCUT2D eigenvalue weighted by molar-refractivity contribution is 9.10. The van der Waals surface area contributed by atoms with E-state index in [1.165, 1.54) is 5.56 Å². The molecule has 0 spiro atoms. The van der Waals surface area contributed by atoms with Gasteiger partial charge in [-0.2, -0.15) is 0 Å². The highest BCUT2D eigenvalue weighted by atomic mass is 79.9. The number of hydrogen-bond acceptors (Lipinski definition) is 3. The molecule has 2 aromatic rings. The van der Waals surface area contributed by atoms with Gasteiger partial charge in [0.1, 0.15) is 0 Å². The van der Waals surface area contributed by atoms with Gasteiger partial charge in [-0.1, -0.05) is 33.6 Å². The van der Waals surface area contributed by atoms with Crippen molar-refractivity contribution in [1.82, 2.24) is 0 Å². The maximum absolute atomic E-state index is 6.21. The van der Waals surface area contributed by atoms with Crippen molar-refractivity contribution in [3.05, 3.63) is 51.0 Å². The van der Waals surface area contributed by atoms with Gasteiger partial charge in [0.05, 0.1) is 19.2 Å². The van der Waals surface area contributed by atoms with Gasteiger partial charge in [0, 0.05) is 16.7 Å². The number of halogens is 2. The van der Waals surface area contributed by atoms with Crippen LogP contribution in [0.5, 0.6) is 11.5 Å². The van der Waals surface area contributed by atoms with Crippen molar-refractivity contribution in [1.29, 1.82) is 0 Å². The van der Waals surface area contributed by atoms with Crippen LogP contribution in [0.15, 0.2) is 34.8 Å². The van der Waals surface area contributed by atoms with Crippen LogP contribution in [0.4, 0.5) is 5.69 Å². The molecular weight excluding hydrogens is 354 g/mol. The smallest absolute Gasteiger partial charge is 0.179 e. The molecule has 0 aromatic heterocycles. The van der Waals surface area contributed by atoms with Gasteiger partial charge >= 0.3 is 0 Å². The fourth-order valence-electron chi connectivity index (χ4n) is 2.06. The average Bonchev–Trinajstić information content (AvgIpc) is 2.47. The quantitative estimate of drug-likeness (QED) is 0.800. The van der Waals surface area contributed by atoms with E-state index in [2.05, 4.69) is 40.3 Å². The molecule has 0 bridgehead atoms. The number of rotatable bonds is 5. The SMILES string of the molecule is COc1cc(CNc2cc(Br)ccc2C)cc(Cl)c1OC. The predicted molar refractivity (Wildman–Crippen MR) is 90.8 cm³/mol. The first-order chi connectivity index (χ1) is 10.0. The maximum atomic E-state index is 6.21. The number of ether oxygens (including phenoxy) is 2. The summed E-state index contributed by atoms with van der Waals surface area (Å²) in [7, 11) is 3.18. The minimum absolute atomic E-state index is 0.541. The minimum Gasteiger partial charge on any atom is -0.493 e. The van der Waals surface area contributed by atoms with Crippen LogP contribution in [0.1, 0.15) is 11.1 Å². The zero-order valence-corrected chi connectivity index (χ0v) is 14.5. The molecule has 0 aliphatic heterocycles. The van der Waals surface area contributed by atoms with Crippen LogP contribution < -0.4 is 14.8 Å². The van der Waals surface area contributed by atoms with E-state index in [-0.39, 0.29) is 0 Å². The average molecular weight is 371 g/mol. The molecule has 0 radical (unpaired) electrons. The molecule has 0 unspecified atom stereocenters. The topological polar surface area (TPSA) is 30.5 Å². The van der Waals surface area contributed by atoms with Gasteiger partial charge in [0.15, 0.2) is 11.5 Å². The molecule has 2 aromatic carbocycles. The van der Waals surface area contributed by atoms with Crippen LogP contribution in [-0.4, -0.2) is 14.2 Å². The standard InChI is InChI=1S/C16H17BrClNO2/c1-10-4-5-12(17)8-14(10)19-9-11-6-13(18)16(21-3)15(7-11)20-2/h4-8,19H,9H2,1-3H3. The molecule has 0 saturated carbocycles. The summed E-state index contributed by atoms with van der Waals surface area (Å²) < 4.78 is 11.6. The molecule has 112 valence electrons. The Kier molecular flexibility index (Phi) is 5.37. The Morgan fingerprint density at radius 1 is 1.14 bits per heavy atom. The van der Waals surface area contributed by atoms with Crippen molar-refractivity contribution in [2.45, 2.75) is 13.5 Å². The van der Waals surface area contributed by atoms with Crippen LogP contribution in [0.25, 0.3) is 0 Å². The zero-order chi connectivity index (χ0) is 15.4. The van der Waals surface area contributed by atoms with E-state index < -0.39 is 0 Å². The Labute approximate surface area is 138 Å². The lowest BCUT2D eigenvalue weighted by Crippen LogP contribution is -2.02. The first kappa shape index (κ1) is 16.0. The highest BCUT2D eigenvalue weighted by Gasteiger charge is 2.11. The lowest BCUT2D eigenvalue weighted by atomic mass is 10.1. The maximum Gasteiger partial charge on any atom is 0.179 e. The van der Waals surface area contributed by atoms with E-state index in [4.69, 9.17) is 21.1 Å². The van der Waals surface area contributed by atoms with E-state index in [9.17, 15) is 0 Å². The molecule has 1 N–H and O–H groups in total. The molecule has 0 fully saturated rings. The second-order valence-electron chi connectivity index (χ2n) is 4.63. The molecule has 0 aliphatic rings. The Balaban J connectivity index is 2.20. The molecule has 0 heterocycles. The number of aryl methyl sites for hydroxylation is 1. The Bertz CT molecular complexity index is 646. The number of methoxy groups -OCH3 is 2. The zero-order valence-electron chi connectivity index (χ0n) is 12.2. The van der Waals surface area contributed by atoms with Gasteiger partial charge in [-0.15, -0.1) is 0 Å². The van der Waals surface area contributed by atoms with Crippen molar-refractivity contribution < 1.29 is 9.47 Å². The highest BCUT2D eigenvalue weighted by Crippen LogP contribution is 2.36. The lowest BCUT2D eigenvalue weighted by molar-refractivity contribution is 0.355. The van der Waals surface area contributed by atoms with Crippen LogP contribution in [0.2, 0.25) is 5.02 Å². The normalized spacial score (nSPS) is 10.3. The summed E-state index contributed by atoms with van der Waals surface area (Å²) in [6.45, 7) is 2.72. The number of nitrogens with one attached hydrogen (secondary N) is 1. The monoisotopic (exact) mass is 369 g/mol. The third-order valence-corrected chi connectivity index (χ3v) is 3.95. The first-order valence-corrected chi connectivity index (χ1v) is 7.62. The van der Waals surface area contributed by atoms with E-state index in [0.29, 0.717) is 23.1 Å². The third kappa shape index (κ3) is 3.83.